The number of carbonyl (C=O) groups excluding carboxylic acids is 1. The summed E-state index contributed by atoms with van der Waals surface area (Å²) in [6.07, 6.45) is 2.84. The van der Waals surface area contributed by atoms with Crippen LogP contribution in [0.1, 0.15) is 16.3 Å². The molecule has 0 atom stereocenters. The van der Waals surface area contributed by atoms with Gasteiger partial charge in [-0.1, -0.05) is 29.8 Å². The minimum Gasteiger partial charge on any atom is -0.483 e. The number of para-hydroxylation sites is 2. The Morgan fingerprint density at radius 2 is 2.03 bits per heavy atom. The van der Waals surface area contributed by atoms with Crippen molar-refractivity contribution in [2.75, 3.05) is 5.32 Å². The molecule has 0 radical (unpaired) electrons. The van der Waals surface area contributed by atoms with Crippen molar-refractivity contribution in [3.63, 3.8) is 0 Å². The normalized spacial score (nSPS) is 10.7. The Kier molecular flexibility index (Phi) is 5.26. The molecule has 1 amide bonds. The van der Waals surface area contributed by atoms with E-state index in [1.807, 2.05) is 0 Å². The monoisotopic (exact) mass is 412 g/mol. The highest BCUT2D eigenvalue weighted by Crippen LogP contribution is 2.28. The second-order valence-electron chi connectivity index (χ2n) is 5.92. The van der Waals surface area contributed by atoms with Crippen molar-refractivity contribution in [2.45, 2.75) is 6.61 Å². The molecule has 0 saturated carbocycles. The maximum absolute atomic E-state index is 13.6. The first-order valence-electron chi connectivity index (χ1n) is 8.53. The molecule has 0 aliphatic carbocycles. The molecule has 1 N–H and O–H groups in total. The van der Waals surface area contributed by atoms with Crippen LogP contribution in [0, 0.1) is 5.82 Å². The van der Waals surface area contributed by atoms with Crippen LogP contribution in [0.2, 0.25) is 5.02 Å². The van der Waals surface area contributed by atoms with Gasteiger partial charge in [0.1, 0.15) is 30.7 Å². The maximum Gasteiger partial charge on any atom is 0.291 e. The highest BCUT2D eigenvalue weighted by Gasteiger charge is 2.16. The van der Waals surface area contributed by atoms with Crippen LogP contribution in [0.5, 0.6) is 5.75 Å². The van der Waals surface area contributed by atoms with Gasteiger partial charge in [0.05, 0.1) is 10.7 Å². The van der Waals surface area contributed by atoms with Crippen molar-refractivity contribution < 1.29 is 18.3 Å². The third-order valence-electron chi connectivity index (χ3n) is 3.97. The van der Waals surface area contributed by atoms with Gasteiger partial charge in [-0.15, -0.1) is 0 Å². The molecular weight excluding hydrogens is 399 g/mol. The number of halogens is 2. The fourth-order valence-corrected chi connectivity index (χ4v) is 2.91. The van der Waals surface area contributed by atoms with E-state index in [2.05, 4.69) is 15.4 Å². The van der Waals surface area contributed by atoms with E-state index in [0.717, 1.165) is 0 Å². The summed E-state index contributed by atoms with van der Waals surface area (Å²) in [6, 6.07) is 14.2. The average molecular weight is 413 g/mol. The number of hydrogen-bond donors (Lipinski definition) is 1. The van der Waals surface area contributed by atoms with Crippen LogP contribution in [0.25, 0.3) is 5.69 Å². The average Bonchev–Trinajstić information content (AvgIpc) is 3.40. The molecule has 0 aliphatic heterocycles. The van der Waals surface area contributed by atoms with E-state index in [-0.39, 0.29) is 18.1 Å². The third kappa shape index (κ3) is 4.12. The number of furan rings is 1. The molecule has 0 aliphatic rings. The Labute approximate surface area is 169 Å². The zero-order valence-corrected chi connectivity index (χ0v) is 15.6. The number of hydrogen-bond acceptors (Lipinski definition) is 5. The second-order valence-corrected chi connectivity index (χ2v) is 6.32. The molecule has 0 spiro atoms. The molecule has 29 heavy (non-hydrogen) atoms. The van der Waals surface area contributed by atoms with Crippen molar-refractivity contribution in [2.24, 2.45) is 0 Å². The van der Waals surface area contributed by atoms with Gasteiger partial charge in [-0.2, -0.15) is 5.10 Å². The summed E-state index contributed by atoms with van der Waals surface area (Å²) < 4.78 is 26.0. The molecule has 9 heteroatoms. The number of anilines is 1. The molecule has 0 fully saturated rings. The first-order chi connectivity index (χ1) is 14.1. The molecule has 146 valence electrons. The lowest BCUT2D eigenvalue weighted by Gasteiger charge is -2.11. The number of benzene rings is 2. The van der Waals surface area contributed by atoms with Crippen molar-refractivity contribution in [1.29, 1.82) is 0 Å². The quantitative estimate of drug-likeness (QED) is 0.504. The number of nitrogens with one attached hydrogen (secondary N) is 1. The minimum atomic E-state index is -0.481. The molecule has 0 unspecified atom stereocenters. The van der Waals surface area contributed by atoms with E-state index in [0.29, 0.717) is 22.2 Å². The summed E-state index contributed by atoms with van der Waals surface area (Å²) in [5.41, 5.74) is 0.920. The van der Waals surface area contributed by atoms with Crippen LogP contribution in [0.15, 0.2) is 71.7 Å². The summed E-state index contributed by atoms with van der Waals surface area (Å²) >= 11 is 6.26. The Hall–Kier alpha value is -3.65. The van der Waals surface area contributed by atoms with Gasteiger partial charge in [-0.25, -0.2) is 14.1 Å². The summed E-state index contributed by atoms with van der Waals surface area (Å²) in [5.74, 6) is -0.404. The van der Waals surface area contributed by atoms with E-state index >= 15 is 0 Å². The number of ether oxygens (including phenoxy) is 1. The van der Waals surface area contributed by atoms with E-state index in [9.17, 15) is 9.18 Å². The summed E-state index contributed by atoms with van der Waals surface area (Å²) in [7, 11) is 0. The van der Waals surface area contributed by atoms with E-state index < -0.39 is 11.7 Å². The fourth-order valence-electron chi connectivity index (χ4n) is 2.64. The Morgan fingerprint density at radius 1 is 1.17 bits per heavy atom. The summed E-state index contributed by atoms with van der Waals surface area (Å²) in [5, 5.41) is 7.19. The lowest BCUT2D eigenvalue weighted by atomic mass is 10.2. The third-order valence-corrected chi connectivity index (χ3v) is 4.28. The highest BCUT2D eigenvalue weighted by atomic mass is 35.5. The second kappa shape index (κ2) is 8.15. The van der Waals surface area contributed by atoms with E-state index in [1.165, 1.54) is 35.5 Å². The zero-order valence-electron chi connectivity index (χ0n) is 14.9. The minimum absolute atomic E-state index is 0.0183. The molecule has 4 aromatic rings. The van der Waals surface area contributed by atoms with Gasteiger partial charge in [-0.05, 0) is 36.4 Å². The Bertz CT molecular complexity index is 1140. The van der Waals surface area contributed by atoms with Crippen molar-refractivity contribution in [1.82, 2.24) is 14.8 Å². The van der Waals surface area contributed by atoms with Gasteiger partial charge in [-0.3, -0.25) is 4.79 Å². The van der Waals surface area contributed by atoms with Crippen LogP contribution in [-0.4, -0.2) is 20.7 Å². The first-order valence-corrected chi connectivity index (χ1v) is 8.90. The fraction of sp³-hybridized carbons (Fsp3) is 0.0500. The molecule has 4 rings (SSSR count). The van der Waals surface area contributed by atoms with Gasteiger partial charge in [0, 0.05) is 0 Å². The number of nitrogens with zero attached hydrogens (tertiary/aromatic N) is 3. The van der Waals surface area contributed by atoms with Crippen LogP contribution in [0.4, 0.5) is 10.1 Å². The van der Waals surface area contributed by atoms with Gasteiger partial charge in [0.15, 0.2) is 17.3 Å². The molecule has 2 aromatic heterocycles. The SMILES string of the molecule is O=C(Nc1cccc(Cl)c1-n1cncn1)c1ccc(COc2ccccc2F)o1. The number of carbonyl (C=O) groups is 1. The Balaban J connectivity index is 1.48. The predicted molar refractivity (Wildman–Crippen MR) is 104 cm³/mol. The highest BCUT2D eigenvalue weighted by molar-refractivity contribution is 6.33. The smallest absolute Gasteiger partial charge is 0.291 e. The lowest BCUT2D eigenvalue weighted by molar-refractivity contribution is 0.0992. The van der Waals surface area contributed by atoms with Crippen molar-refractivity contribution in [3.05, 3.63) is 89.6 Å². The predicted octanol–water partition coefficient (Wildman–Crippen LogP) is 4.48. The largest absolute Gasteiger partial charge is 0.483 e. The van der Waals surface area contributed by atoms with Gasteiger partial charge in [0.2, 0.25) is 0 Å². The van der Waals surface area contributed by atoms with E-state index in [1.54, 1.807) is 36.4 Å². The molecule has 0 bridgehead atoms. The summed E-state index contributed by atoms with van der Waals surface area (Å²) in [6.45, 7) is -0.0183. The lowest BCUT2D eigenvalue weighted by Crippen LogP contribution is -2.13. The molecule has 2 heterocycles. The molecule has 0 saturated heterocycles. The Morgan fingerprint density at radius 3 is 2.83 bits per heavy atom. The van der Waals surface area contributed by atoms with Gasteiger partial charge >= 0.3 is 0 Å². The summed E-state index contributed by atoms with van der Waals surface area (Å²) in [4.78, 5) is 16.5. The van der Waals surface area contributed by atoms with Gasteiger partial charge < -0.3 is 14.5 Å². The number of aromatic nitrogens is 3. The van der Waals surface area contributed by atoms with Crippen LogP contribution in [0.3, 0.4) is 0 Å². The van der Waals surface area contributed by atoms with Crippen LogP contribution < -0.4 is 10.1 Å². The van der Waals surface area contributed by atoms with Crippen LogP contribution in [-0.2, 0) is 6.61 Å². The van der Waals surface area contributed by atoms with Crippen LogP contribution >= 0.6 is 11.6 Å². The maximum atomic E-state index is 13.6. The molecular formula is C20H14ClFN4O3. The van der Waals surface area contributed by atoms with Crippen molar-refractivity contribution in [3.8, 4) is 11.4 Å². The molecule has 7 nitrogen and oxygen atoms in total. The number of amides is 1. The van der Waals surface area contributed by atoms with Gasteiger partial charge in [0.25, 0.3) is 5.91 Å². The first kappa shape index (κ1) is 18.7. The van der Waals surface area contributed by atoms with Crippen molar-refractivity contribution >= 4 is 23.2 Å². The zero-order chi connectivity index (χ0) is 20.2. The topological polar surface area (TPSA) is 82.2 Å². The molecule has 2 aromatic carbocycles. The number of rotatable bonds is 6. The van der Waals surface area contributed by atoms with E-state index in [4.69, 9.17) is 20.8 Å². The standard InChI is InChI=1S/C20H14ClFN4O3/c21-14-4-3-6-16(19(14)26-12-23-11-24-26)25-20(27)18-9-8-13(29-18)10-28-17-7-2-1-5-15(17)22/h1-9,11-12H,10H2,(H,25,27).